The van der Waals surface area contributed by atoms with E-state index >= 15 is 0 Å². The van der Waals surface area contributed by atoms with E-state index in [2.05, 4.69) is 10.4 Å². The molecule has 0 aliphatic rings. The fourth-order valence-corrected chi connectivity index (χ4v) is 2.43. The van der Waals surface area contributed by atoms with Crippen molar-refractivity contribution in [2.45, 2.75) is 17.7 Å². The summed E-state index contributed by atoms with van der Waals surface area (Å²) in [4.78, 5) is 0.212. The molecule has 0 spiro atoms. The first-order valence-corrected chi connectivity index (χ1v) is 7.79. The number of benzene rings is 1. The van der Waals surface area contributed by atoms with E-state index < -0.39 is 10.1 Å². The maximum atomic E-state index is 11.3. The van der Waals surface area contributed by atoms with E-state index in [1.807, 2.05) is 23.9 Å². The van der Waals surface area contributed by atoms with E-state index in [1.165, 1.54) is 7.11 Å². The predicted octanol–water partition coefficient (Wildman–Crippen LogP) is 2.32. The second kappa shape index (κ2) is 6.27. The first kappa shape index (κ1) is 13.5. The van der Waals surface area contributed by atoms with Crippen molar-refractivity contribution in [3.63, 3.8) is 0 Å². The molecule has 16 heavy (non-hydrogen) atoms. The van der Waals surface area contributed by atoms with E-state index in [9.17, 15) is 8.42 Å². The summed E-state index contributed by atoms with van der Waals surface area (Å²) in [5.74, 6) is 1.12. The van der Waals surface area contributed by atoms with Crippen LogP contribution in [0.3, 0.4) is 0 Å². The van der Waals surface area contributed by atoms with E-state index in [0.29, 0.717) is 0 Å². The molecular weight excluding hydrogens is 244 g/mol. The van der Waals surface area contributed by atoms with Gasteiger partial charge in [0.15, 0.2) is 0 Å². The second-order valence-electron chi connectivity index (χ2n) is 3.36. The van der Waals surface area contributed by atoms with E-state index in [-0.39, 0.29) is 4.90 Å². The van der Waals surface area contributed by atoms with E-state index in [1.54, 1.807) is 12.1 Å². The Kier molecular flexibility index (Phi) is 5.31. The van der Waals surface area contributed by atoms with Crippen molar-refractivity contribution in [3.05, 3.63) is 29.8 Å². The van der Waals surface area contributed by atoms with E-state index in [0.717, 1.165) is 24.2 Å². The molecule has 0 radical (unpaired) electrons. The van der Waals surface area contributed by atoms with Gasteiger partial charge in [0.1, 0.15) is 0 Å². The van der Waals surface area contributed by atoms with Crippen LogP contribution in [0, 0.1) is 0 Å². The molecule has 0 aromatic heterocycles. The fourth-order valence-electron chi connectivity index (χ4n) is 1.34. The van der Waals surface area contributed by atoms with Crippen molar-refractivity contribution in [1.82, 2.24) is 0 Å². The monoisotopic (exact) mass is 260 g/mol. The summed E-state index contributed by atoms with van der Waals surface area (Å²) in [5.41, 5.74) is 1.16. The molecule has 1 aromatic rings. The Morgan fingerprint density at radius 1 is 1.25 bits per heavy atom. The molecule has 0 unspecified atom stereocenters. The van der Waals surface area contributed by atoms with Crippen molar-refractivity contribution in [2.75, 3.05) is 19.1 Å². The van der Waals surface area contributed by atoms with Crippen LogP contribution in [0.25, 0.3) is 0 Å². The summed E-state index contributed by atoms with van der Waals surface area (Å²) in [5, 5.41) is 0. The maximum absolute atomic E-state index is 11.3. The van der Waals surface area contributed by atoms with Gasteiger partial charge in [-0.2, -0.15) is 20.2 Å². The summed E-state index contributed by atoms with van der Waals surface area (Å²) in [6, 6.07) is 6.86. The third-order valence-electron chi connectivity index (χ3n) is 2.25. The average Bonchev–Trinajstić information content (AvgIpc) is 2.30. The van der Waals surface area contributed by atoms with Crippen LogP contribution in [0.15, 0.2) is 29.2 Å². The van der Waals surface area contributed by atoms with Crippen LogP contribution in [0.2, 0.25) is 0 Å². The van der Waals surface area contributed by atoms with Gasteiger partial charge in [0, 0.05) is 0 Å². The van der Waals surface area contributed by atoms with Crippen LogP contribution in [0.1, 0.15) is 12.0 Å². The van der Waals surface area contributed by atoms with Crippen LogP contribution in [0.5, 0.6) is 0 Å². The van der Waals surface area contributed by atoms with Crippen molar-refractivity contribution in [3.8, 4) is 0 Å². The Balaban J connectivity index is 2.68. The highest BCUT2D eigenvalue weighted by Crippen LogP contribution is 2.14. The quantitative estimate of drug-likeness (QED) is 0.581. The summed E-state index contributed by atoms with van der Waals surface area (Å²) < 4.78 is 27.1. The Labute approximate surface area is 101 Å². The van der Waals surface area contributed by atoms with Crippen molar-refractivity contribution < 1.29 is 12.6 Å². The molecule has 0 saturated heterocycles. The predicted molar refractivity (Wildman–Crippen MR) is 67.3 cm³/mol. The zero-order chi connectivity index (χ0) is 12.0. The highest BCUT2D eigenvalue weighted by Gasteiger charge is 2.11. The second-order valence-corrected chi connectivity index (χ2v) is 6.06. The zero-order valence-electron chi connectivity index (χ0n) is 9.47. The Bertz CT molecular complexity index is 409. The molecular formula is C11H16O3S2. The Morgan fingerprint density at radius 2 is 1.88 bits per heavy atom. The molecule has 0 atom stereocenters. The smallest absolute Gasteiger partial charge is 0.270 e. The van der Waals surface area contributed by atoms with Gasteiger partial charge in [-0.25, -0.2) is 0 Å². The largest absolute Gasteiger partial charge is 0.296 e. The SMILES string of the molecule is COS(=O)(=O)c1ccc(CCCSC)cc1. The first-order chi connectivity index (χ1) is 7.60. The molecule has 0 N–H and O–H groups in total. The third kappa shape index (κ3) is 3.81. The molecule has 3 nitrogen and oxygen atoms in total. The molecule has 5 heteroatoms. The van der Waals surface area contributed by atoms with Gasteiger partial charge in [0.25, 0.3) is 10.1 Å². The summed E-state index contributed by atoms with van der Waals surface area (Å²) in [6.45, 7) is 0. The number of hydrogen-bond donors (Lipinski definition) is 0. The van der Waals surface area contributed by atoms with Gasteiger partial charge in [-0.05, 0) is 42.5 Å². The Hall–Kier alpha value is -0.520. The molecule has 0 amide bonds. The minimum absolute atomic E-state index is 0.212. The standard InChI is InChI=1S/C11H16O3S2/c1-14-16(12,13)11-7-5-10(6-8-11)4-3-9-15-2/h5-8H,3-4,9H2,1-2H3. The van der Waals surface area contributed by atoms with E-state index in [4.69, 9.17) is 0 Å². The topological polar surface area (TPSA) is 43.4 Å². The summed E-state index contributed by atoms with van der Waals surface area (Å²) in [6.07, 6.45) is 4.17. The molecule has 0 aliphatic carbocycles. The number of hydrogen-bond acceptors (Lipinski definition) is 4. The van der Waals surface area contributed by atoms with Crippen LogP contribution in [0.4, 0.5) is 0 Å². The van der Waals surface area contributed by atoms with Crippen LogP contribution >= 0.6 is 11.8 Å². The lowest BCUT2D eigenvalue weighted by molar-refractivity contribution is 0.398. The maximum Gasteiger partial charge on any atom is 0.296 e. The number of aryl methyl sites for hydroxylation is 1. The number of thioether (sulfide) groups is 1. The normalized spacial score (nSPS) is 11.6. The number of rotatable bonds is 6. The lowest BCUT2D eigenvalue weighted by Crippen LogP contribution is -2.02. The third-order valence-corrected chi connectivity index (χ3v) is 4.23. The average molecular weight is 260 g/mol. The summed E-state index contributed by atoms with van der Waals surface area (Å²) >= 11 is 1.82. The summed E-state index contributed by atoms with van der Waals surface area (Å²) in [7, 11) is -2.38. The molecule has 0 saturated carbocycles. The van der Waals surface area contributed by atoms with Gasteiger partial charge < -0.3 is 0 Å². The fraction of sp³-hybridized carbons (Fsp3) is 0.455. The molecule has 0 aliphatic heterocycles. The zero-order valence-corrected chi connectivity index (χ0v) is 11.1. The molecule has 1 aromatic carbocycles. The molecule has 90 valence electrons. The first-order valence-electron chi connectivity index (χ1n) is 4.98. The van der Waals surface area contributed by atoms with Gasteiger partial charge in [-0.1, -0.05) is 12.1 Å². The minimum atomic E-state index is -3.54. The molecule has 0 fully saturated rings. The Morgan fingerprint density at radius 3 is 2.38 bits per heavy atom. The minimum Gasteiger partial charge on any atom is -0.270 e. The highest BCUT2D eigenvalue weighted by atomic mass is 32.2. The van der Waals surface area contributed by atoms with Gasteiger partial charge in [-0.15, -0.1) is 0 Å². The lowest BCUT2D eigenvalue weighted by atomic mass is 10.1. The van der Waals surface area contributed by atoms with Gasteiger partial charge in [0.2, 0.25) is 0 Å². The molecule has 0 bridgehead atoms. The lowest BCUT2D eigenvalue weighted by Gasteiger charge is -2.03. The van der Waals surface area contributed by atoms with Crippen LogP contribution < -0.4 is 0 Å². The van der Waals surface area contributed by atoms with Crippen molar-refractivity contribution >= 4 is 21.9 Å². The molecule has 0 heterocycles. The molecule has 1 rings (SSSR count). The van der Waals surface area contributed by atoms with Crippen molar-refractivity contribution in [2.24, 2.45) is 0 Å². The van der Waals surface area contributed by atoms with Crippen LogP contribution in [-0.4, -0.2) is 27.5 Å². The van der Waals surface area contributed by atoms with Gasteiger partial charge in [-0.3, -0.25) is 4.18 Å². The highest BCUT2D eigenvalue weighted by molar-refractivity contribution is 7.98. The van der Waals surface area contributed by atoms with Gasteiger partial charge >= 0.3 is 0 Å². The van der Waals surface area contributed by atoms with Crippen LogP contribution in [-0.2, 0) is 20.7 Å². The van der Waals surface area contributed by atoms with Crippen molar-refractivity contribution in [1.29, 1.82) is 0 Å². The van der Waals surface area contributed by atoms with Gasteiger partial charge in [0.05, 0.1) is 12.0 Å².